The number of hydrogen-bond acceptors (Lipinski definition) is 5. The number of aryl methyl sites for hydroxylation is 1. The molecule has 7 heteroatoms. The maximum absolute atomic E-state index is 12.0. The molecule has 3 heterocycles. The van der Waals surface area contributed by atoms with Gasteiger partial charge in [-0.3, -0.25) is 4.79 Å². The Morgan fingerprint density at radius 2 is 2.33 bits per heavy atom. The number of aromatic nitrogens is 3. The fourth-order valence-corrected chi connectivity index (χ4v) is 3.49. The largest absolute Gasteiger partial charge is 0.351 e. The molecule has 3 aromatic heterocycles. The van der Waals surface area contributed by atoms with Crippen LogP contribution in [0.15, 0.2) is 35.3 Å². The fourth-order valence-electron chi connectivity index (χ4n) is 1.87. The average molecular weight is 318 g/mol. The van der Waals surface area contributed by atoms with Gasteiger partial charge >= 0.3 is 0 Å². The molecule has 0 aliphatic rings. The van der Waals surface area contributed by atoms with Gasteiger partial charge in [-0.05, 0) is 17.9 Å². The van der Waals surface area contributed by atoms with Crippen LogP contribution in [0, 0.1) is 0 Å². The van der Waals surface area contributed by atoms with Crippen LogP contribution in [0.4, 0.5) is 0 Å². The molecule has 2 N–H and O–H groups in total. The van der Waals surface area contributed by atoms with Crippen LogP contribution in [0.1, 0.15) is 22.7 Å². The molecule has 1 amide bonds. The second-order valence-electron chi connectivity index (χ2n) is 4.41. The van der Waals surface area contributed by atoms with Crippen LogP contribution in [-0.2, 0) is 6.42 Å². The normalized spacial score (nSPS) is 10.7. The lowest BCUT2D eigenvalue weighted by Crippen LogP contribution is -2.25. The fraction of sp³-hybridized carbons (Fsp3) is 0.214. The third kappa shape index (κ3) is 3.56. The first kappa shape index (κ1) is 14.0. The predicted octanol–water partition coefficient (Wildman–Crippen LogP) is 2.96. The summed E-state index contributed by atoms with van der Waals surface area (Å²) < 4.78 is 0. The molecule has 21 heavy (non-hydrogen) atoms. The average Bonchev–Trinajstić information content (AvgIpc) is 3.25. The first-order valence-electron chi connectivity index (χ1n) is 6.59. The summed E-state index contributed by atoms with van der Waals surface area (Å²) in [6.45, 7) is 0.616. The van der Waals surface area contributed by atoms with Crippen molar-refractivity contribution in [2.24, 2.45) is 0 Å². The minimum Gasteiger partial charge on any atom is -0.351 e. The van der Waals surface area contributed by atoms with Gasteiger partial charge in [-0.25, -0.2) is 9.97 Å². The van der Waals surface area contributed by atoms with Gasteiger partial charge in [0.2, 0.25) is 0 Å². The molecule has 5 nitrogen and oxygen atoms in total. The Labute approximate surface area is 130 Å². The topological polar surface area (TPSA) is 70.7 Å². The Morgan fingerprint density at radius 3 is 3.10 bits per heavy atom. The highest BCUT2D eigenvalue weighted by Crippen LogP contribution is 2.27. The lowest BCUT2D eigenvalue weighted by atomic mass is 10.3. The Balaban J connectivity index is 1.49. The van der Waals surface area contributed by atoms with E-state index in [4.69, 9.17) is 0 Å². The van der Waals surface area contributed by atoms with Gasteiger partial charge in [0.05, 0.1) is 4.88 Å². The molecule has 0 spiro atoms. The third-order valence-corrected chi connectivity index (χ3v) is 4.78. The van der Waals surface area contributed by atoms with Crippen molar-refractivity contribution in [3.05, 3.63) is 46.8 Å². The monoisotopic (exact) mass is 318 g/mol. The lowest BCUT2D eigenvalue weighted by Gasteiger charge is -2.01. The smallest absolute Gasteiger partial charge is 0.270 e. The maximum atomic E-state index is 12.0. The van der Waals surface area contributed by atoms with Crippen molar-refractivity contribution < 1.29 is 4.79 Å². The van der Waals surface area contributed by atoms with Gasteiger partial charge in [0.1, 0.15) is 16.5 Å². The number of thiophene rings is 1. The van der Waals surface area contributed by atoms with E-state index in [2.05, 4.69) is 20.3 Å². The maximum Gasteiger partial charge on any atom is 0.270 e. The molecule has 0 atom stereocenters. The molecule has 3 rings (SSSR count). The van der Waals surface area contributed by atoms with Crippen LogP contribution in [0.5, 0.6) is 0 Å². The Morgan fingerprint density at radius 1 is 1.38 bits per heavy atom. The van der Waals surface area contributed by atoms with Crippen LogP contribution in [0.2, 0.25) is 0 Å². The van der Waals surface area contributed by atoms with E-state index in [-0.39, 0.29) is 5.91 Å². The van der Waals surface area contributed by atoms with Gasteiger partial charge in [0.25, 0.3) is 5.91 Å². The van der Waals surface area contributed by atoms with Gasteiger partial charge in [-0.1, -0.05) is 6.07 Å². The second kappa shape index (κ2) is 6.64. The van der Waals surface area contributed by atoms with E-state index >= 15 is 0 Å². The van der Waals surface area contributed by atoms with E-state index < -0.39 is 0 Å². The van der Waals surface area contributed by atoms with Gasteiger partial charge in [0, 0.05) is 30.7 Å². The van der Waals surface area contributed by atoms with Crippen molar-refractivity contribution in [3.8, 4) is 9.88 Å². The molecule has 0 saturated heterocycles. The molecule has 3 aromatic rings. The van der Waals surface area contributed by atoms with Crippen LogP contribution in [-0.4, -0.2) is 27.4 Å². The summed E-state index contributed by atoms with van der Waals surface area (Å²) in [6.07, 6.45) is 5.20. The highest BCUT2D eigenvalue weighted by molar-refractivity contribution is 7.20. The van der Waals surface area contributed by atoms with Crippen LogP contribution >= 0.6 is 22.7 Å². The summed E-state index contributed by atoms with van der Waals surface area (Å²) >= 11 is 3.12. The Bertz CT molecular complexity index is 688. The number of carbonyl (C=O) groups is 1. The highest BCUT2D eigenvalue weighted by atomic mass is 32.1. The number of amides is 1. The molecule has 0 fully saturated rings. The molecular formula is C14H14N4OS2. The molecule has 0 bridgehead atoms. The molecule has 0 unspecified atom stereocenters. The van der Waals surface area contributed by atoms with Gasteiger partial charge in [-0.15, -0.1) is 22.7 Å². The number of carbonyl (C=O) groups excluding carboxylic acids is 1. The highest BCUT2D eigenvalue weighted by Gasteiger charge is 2.11. The van der Waals surface area contributed by atoms with Crippen LogP contribution < -0.4 is 5.32 Å². The predicted molar refractivity (Wildman–Crippen MR) is 84.7 cm³/mol. The number of H-pyrrole nitrogens is 1. The summed E-state index contributed by atoms with van der Waals surface area (Å²) in [5.41, 5.74) is 0.487. The number of nitrogens with one attached hydrogen (secondary N) is 2. The van der Waals surface area contributed by atoms with E-state index in [0.29, 0.717) is 12.2 Å². The Hall–Kier alpha value is -1.99. The van der Waals surface area contributed by atoms with Crippen molar-refractivity contribution in [1.82, 2.24) is 20.3 Å². The van der Waals surface area contributed by atoms with E-state index in [0.717, 1.165) is 28.6 Å². The van der Waals surface area contributed by atoms with E-state index in [1.807, 2.05) is 17.5 Å². The Kier molecular flexibility index (Phi) is 4.42. The van der Waals surface area contributed by atoms with Crippen molar-refractivity contribution in [2.75, 3.05) is 6.54 Å². The van der Waals surface area contributed by atoms with E-state index in [1.165, 1.54) is 11.3 Å². The van der Waals surface area contributed by atoms with E-state index in [1.54, 1.807) is 29.1 Å². The summed E-state index contributed by atoms with van der Waals surface area (Å²) in [7, 11) is 0. The zero-order chi connectivity index (χ0) is 14.5. The van der Waals surface area contributed by atoms with E-state index in [9.17, 15) is 4.79 Å². The molecule has 0 aliphatic heterocycles. The number of imidazole rings is 1. The summed E-state index contributed by atoms with van der Waals surface area (Å²) in [6, 6.07) is 3.99. The third-order valence-electron chi connectivity index (χ3n) is 2.90. The number of rotatable bonds is 6. The molecule has 0 aliphatic carbocycles. The summed E-state index contributed by atoms with van der Waals surface area (Å²) in [5.74, 6) is 0.825. The molecule has 0 aromatic carbocycles. The second-order valence-corrected chi connectivity index (χ2v) is 6.22. The quantitative estimate of drug-likeness (QED) is 0.686. The molecule has 108 valence electrons. The molecule has 0 saturated carbocycles. The number of aromatic amines is 1. The van der Waals surface area contributed by atoms with Crippen LogP contribution in [0.3, 0.4) is 0 Å². The van der Waals surface area contributed by atoms with Gasteiger partial charge in [-0.2, -0.15) is 0 Å². The number of thiazole rings is 1. The number of nitrogens with zero attached hydrogens (tertiary/aromatic N) is 2. The van der Waals surface area contributed by atoms with Crippen LogP contribution in [0.25, 0.3) is 9.88 Å². The molecule has 0 radical (unpaired) electrons. The zero-order valence-electron chi connectivity index (χ0n) is 11.2. The summed E-state index contributed by atoms with van der Waals surface area (Å²) in [4.78, 5) is 24.7. The first-order valence-corrected chi connectivity index (χ1v) is 8.35. The number of hydrogen-bond donors (Lipinski definition) is 2. The lowest BCUT2D eigenvalue weighted by molar-refractivity contribution is 0.0949. The SMILES string of the molecule is O=C(NCCCc1ncc[nH]1)c1csc(-c2cccs2)n1. The van der Waals surface area contributed by atoms with Crippen molar-refractivity contribution in [2.45, 2.75) is 12.8 Å². The molecular weight excluding hydrogens is 304 g/mol. The minimum atomic E-state index is -0.117. The van der Waals surface area contributed by atoms with Gasteiger partial charge in [0.15, 0.2) is 0 Å². The van der Waals surface area contributed by atoms with Crippen molar-refractivity contribution in [3.63, 3.8) is 0 Å². The first-order chi connectivity index (χ1) is 10.3. The summed E-state index contributed by atoms with van der Waals surface area (Å²) in [5, 5.41) is 7.59. The zero-order valence-corrected chi connectivity index (χ0v) is 12.8. The van der Waals surface area contributed by atoms with Crippen molar-refractivity contribution in [1.29, 1.82) is 0 Å². The van der Waals surface area contributed by atoms with Gasteiger partial charge < -0.3 is 10.3 Å². The minimum absolute atomic E-state index is 0.117. The van der Waals surface area contributed by atoms with Crippen molar-refractivity contribution >= 4 is 28.6 Å². The standard InChI is InChI=1S/C14H14N4OS2/c19-13(17-5-1-4-12-15-6-7-16-12)10-9-21-14(18-10)11-3-2-8-20-11/h2-3,6-9H,1,4-5H2,(H,15,16)(H,17,19).